The molecule has 0 fully saturated rings. The van der Waals surface area contributed by atoms with Gasteiger partial charge in [0.15, 0.2) is 0 Å². The van der Waals surface area contributed by atoms with Gasteiger partial charge in [0, 0.05) is 0 Å². The molecule has 0 aromatic heterocycles. The number of aliphatic hydroxyl groups excluding tert-OH is 5. The van der Waals surface area contributed by atoms with E-state index in [1.165, 1.54) is 0 Å². The minimum Gasteiger partial charge on any atom is -0.393 e. The first-order valence-electron chi connectivity index (χ1n) is 11.5. The highest BCUT2D eigenvalue weighted by atomic mass is 16.3. The molecule has 5 atom stereocenters. The fourth-order valence-corrected chi connectivity index (χ4v) is 3.71. The molecule has 2 aromatic carbocycles. The topological polar surface area (TPSA) is 101 Å². The Bertz CT molecular complexity index is 666. The van der Waals surface area contributed by atoms with Gasteiger partial charge in [0.2, 0.25) is 0 Å². The van der Waals surface area contributed by atoms with Crippen LogP contribution >= 0.6 is 0 Å². The van der Waals surface area contributed by atoms with Crippen molar-refractivity contribution in [1.29, 1.82) is 0 Å². The van der Waals surface area contributed by atoms with Crippen LogP contribution in [0.15, 0.2) is 42.5 Å². The quantitative estimate of drug-likeness (QED) is 0.386. The van der Waals surface area contributed by atoms with Crippen LogP contribution in [-0.4, -0.2) is 56.1 Å². The van der Waals surface area contributed by atoms with Crippen molar-refractivity contribution in [3.8, 4) is 0 Å². The van der Waals surface area contributed by atoms with Gasteiger partial charge in [0.25, 0.3) is 0 Å². The molecule has 0 heterocycles. The van der Waals surface area contributed by atoms with Crippen molar-refractivity contribution < 1.29 is 25.5 Å². The van der Waals surface area contributed by atoms with Crippen molar-refractivity contribution in [2.75, 3.05) is 0 Å². The molecule has 0 aliphatic rings. The average Bonchev–Trinajstić information content (AvgIpc) is 2.61. The summed E-state index contributed by atoms with van der Waals surface area (Å²) >= 11 is 0. The molecular formula is C27H42O5. The molecule has 0 bridgehead atoms. The van der Waals surface area contributed by atoms with Crippen molar-refractivity contribution >= 4 is 0 Å². The number of hydrogen-bond donors (Lipinski definition) is 5. The second-order valence-corrected chi connectivity index (χ2v) is 9.24. The first-order valence-corrected chi connectivity index (χ1v) is 11.5. The summed E-state index contributed by atoms with van der Waals surface area (Å²) in [5.74, 6) is 0. The summed E-state index contributed by atoms with van der Waals surface area (Å²) in [6, 6.07) is 14.1. The molecular weight excluding hydrogens is 404 g/mol. The predicted molar refractivity (Wildman–Crippen MR) is 130 cm³/mol. The SMILES string of the molecule is CC(O)Cc1cc(CC(C)O)cc(CC(C)O)c1.CC(O)Cc1ccc(CC(C)O)cc1. The molecule has 0 radical (unpaired) electrons. The van der Waals surface area contributed by atoms with Crippen molar-refractivity contribution in [3.63, 3.8) is 0 Å². The standard InChI is InChI=1S/C15H24O3.C12H18O2/c1-10(16)4-13-7-14(5-11(2)17)9-15(8-13)6-12(3)18;1-9(13)7-11-3-5-12(6-4-11)8-10(2)14/h7-12,16-18H,4-6H2,1-3H3;3-6,9-10,13-14H,7-8H2,1-2H3. The Morgan fingerprint density at radius 2 is 0.594 bits per heavy atom. The van der Waals surface area contributed by atoms with E-state index in [4.69, 9.17) is 0 Å². The summed E-state index contributed by atoms with van der Waals surface area (Å²) < 4.78 is 0. The van der Waals surface area contributed by atoms with E-state index in [0.29, 0.717) is 32.1 Å². The van der Waals surface area contributed by atoms with Gasteiger partial charge >= 0.3 is 0 Å². The van der Waals surface area contributed by atoms with Gasteiger partial charge in [-0.15, -0.1) is 0 Å². The van der Waals surface area contributed by atoms with Gasteiger partial charge < -0.3 is 25.5 Å². The van der Waals surface area contributed by atoms with E-state index in [1.807, 2.05) is 42.5 Å². The maximum absolute atomic E-state index is 9.45. The highest BCUT2D eigenvalue weighted by Gasteiger charge is 2.08. The molecule has 32 heavy (non-hydrogen) atoms. The van der Waals surface area contributed by atoms with Gasteiger partial charge in [-0.05, 0) is 94.5 Å². The molecule has 2 rings (SSSR count). The lowest BCUT2D eigenvalue weighted by Gasteiger charge is -2.13. The van der Waals surface area contributed by atoms with Gasteiger partial charge in [-0.1, -0.05) is 42.5 Å². The van der Waals surface area contributed by atoms with Crippen LogP contribution in [0.5, 0.6) is 0 Å². The van der Waals surface area contributed by atoms with E-state index in [9.17, 15) is 25.5 Å². The first kappa shape index (κ1) is 28.3. The third-order valence-corrected chi connectivity index (χ3v) is 4.79. The second-order valence-electron chi connectivity index (χ2n) is 9.24. The molecule has 0 saturated heterocycles. The Morgan fingerprint density at radius 3 is 0.781 bits per heavy atom. The predicted octanol–water partition coefficient (Wildman–Crippen LogP) is 2.99. The Kier molecular flexibility index (Phi) is 12.7. The summed E-state index contributed by atoms with van der Waals surface area (Å²) in [4.78, 5) is 0. The first-order chi connectivity index (χ1) is 14.9. The average molecular weight is 447 g/mol. The third kappa shape index (κ3) is 12.9. The van der Waals surface area contributed by atoms with E-state index in [1.54, 1.807) is 34.6 Å². The van der Waals surface area contributed by atoms with E-state index in [-0.39, 0.29) is 30.5 Å². The van der Waals surface area contributed by atoms with Crippen LogP contribution in [0.3, 0.4) is 0 Å². The summed E-state index contributed by atoms with van der Waals surface area (Å²) in [6.07, 6.45) is 1.43. The molecule has 0 aliphatic carbocycles. The third-order valence-electron chi connectivity index (χ3n) is 4.79. The zero-order chi connectivity index (χ0) is 24.3. The van der Waals surface area contributed by atoms with Crippen LogP contribution < -0.4 is 0 Å². The Balaban J connectivity index is 0.000000330. The van der Waals surface area contributed by atoms with Gasteiger partial charge in [0.1, 0.15) is 0 Å². The Morgan fingerprint density at radius 1 is 0.406 bits per heavy atom. The number of benzene rings is 2. The zero-order valence-corrected chi connectivity index (χ0v) is 20.2. The maximum atomic E-state index is 9.45. The molecule has 0 aliphatic heterocycles. The number of hydrogen-bond acceptors (Lipinski definition) is 5. The lowest BCUT2D eigenvalue weighted by Crippen LogP contribution is -2.10. The highest BCUT2D eigenvalue weighted by molar-refractivity contribution is 5.31. The molecule has 2 aromatic rings. The lowest BCUT2D eigenvalue weighted by molar-refractivity contribution is 0.192. The summed E-state index contributed by atoms with van der Waals surface area (Å²) in [5.41, 5.74) is 5.43. The van der Waals surface area contributed by atoms with Crippen LogP contribution in [-0.2, 0) is 32.1 Å². The van der Waals surface area contributed by atoms with E-state index in [2.05, 4.69) is 0 Å². The van der Waals surface area contributed by atoms with Gasteiger partial charge in [-0.3, -0.25) is 0 Å². The molecule has 0 amide bonds. The fraction of sp³-hybridized carbons (Fsp3) is 0.556. The number of aliphatic hydroxyl groups is 5. The van der Waals surface area contributed by atoms with Crippen molar-refractivity contribution in [1.82, 2.24) is 0 Å². The Labute approximate surface area is 193 Å². The van der Waals surface area contributed by atoms with E-state index < -0.39 is 0 Å². The van der Waals surface area contributed by atoms with Crippen LogP contribution in [0.25, 0.3) is 0 Å². The molecule has 5 nitrogen and oxygen atoms in total. The second kappa shape index (κ2) is 14.4. The van der Waals surface area contributed by atoms with Gasteiger partial charge in [-0.25, -0.2) is 0 Å². The molecule has 0 saturated carbocycles. The van der Waals surface area contributed by atoms with Crippen molar-refractivity contribution in [3.05, 3.63) is 70.3 Å². The van der Waals surface area contributed by atoms with Crippen molar-refractivity contribution in [2.45, 2.75) is 97.2 Å². The highest BCUT2D eigenvalue weighted by Crippen LogP contribution is 2.16. The molecule has 0 spiro atoms. The van der Waals surface area contributed by atoms with Crippen molar-refractivity contribution in [2.24, 2.45) is 0 Å². The smallest absolute Gasteiger partial charge is 0.0552 e. The molecule has 5 unspecified atom stereocenters. The lowest BCUT2D eigenvalue weighted by atomic mass is 9.96. The normalized spacial score (nSPS) is 15.8. The summed E-state index contributed by atoms with van der Waals surface area (Å²) in [5, 5.41) is 46.7. The number of rotatable bonds is 10. The van der Waals surface area contributed by atoms with E-state index in [0.717, 1.165) is 27.8 Å². The van der Waals surface area contributed by atoms with E-state index >= 15 is 0 Å². The fourth-order valence-electron chi connectivity index (χ4n) is 3.71. The van der Waals surface area contributed by atoms with Crippen LogP contribution in [0.4, 0.5) is 0 Å². The summed E-state index contributed by atoms with van der Waals surface area (Å²) in [7, 11) is 0. The molecule has 5 heteroatoms. The summed E-state index contributed by atoms with van der Waals surface area (Å²) in [6.45, 7) is 8.84. The Hall–Kier alpha value is -1.76. The minimum absolute atomic E-state index is 0.294. The zero-order valence-electron chi connectivity index (χ0n) is 20.2. The molecule has 180 valence electrons. The van der Waals surface area contributed by atoms with Crippen LogP contribution in [0.1, 0.15) is 62.4 Å². The van der Waals surface area contributed by atoms with Crippen LogP contribution in [0, 0.1) is 0 Å². The van der Waals surface area contributed by atoms with Gasteiger partial charge in [0.05, 0.1) is 30.5 Å². The van der Waals surface area contributed by atoms with Gasteiger partial charge in [-0.2, -0.15) is 0 Å². The maximum Gasteiger partial charge on any atom is 0.0552 e. The largest absolute Gasteiger partial charge is 0.393 e. The monoisotopic (exact) mass is 446 g/mol. The minimum atomic E-state index is -0.383. The molecule has 5 N–H and O–H groups in total. The van der Waals surface area contributed by atoms with Crippen LogP contribution in [0.2, 0.25) is 0 Å².